The summed E-state index contributed by atoms with van der Waals surface area (Å²) in [5.41, 5.74) is 2.16. The smallest absolute Gasteiger partial charge is 0.0705 e. The molecule has 0 fully saturated rings. The number of benzene rings is 1. The average molecular weight is 245 g/mol. The van der Waals surface area contributed by atoms with Gasteiger partial charge in [0.2, 0.25) is 0 Å². The molecule has 1 aromatic heterocycles. The number of rotatable bonds is 5. The highest BCUT2D eigenvalue weighted by molar-refractivity contribution is 7.98. The summed E-state index contributed by atoms with van der Waals surface area (Å²) in [6.45, 7) is 0.120. The summed E-state index contributed by atoms with van der Waals surface area (Å²) < 4.78 is 0. The highest BCUT2D eigenvalue weighted by Gasteiger charge is 1.97. The van der Waals surface area contributed by atoms with Crippen LogP contribution in [0, 0.1) is 0 Å². The minimum absolute atomic E-state index is 0.120. The van der Waals surface area contributed by atoms with Crippen LogP contribution in [0.1, 0.15) is 5.69 Å². The molecule has 1 heterocycles. The molecule has 0 aliphatic rings. The molecule has 0 unspecified atom stereocenters. The van der Waals surface area contributed by atoms with Gasteiger partial charge in [-0.25, -0.2) is 0 Å². The van der Waals surface area contributed by atoms with E-state index in [1.165, 1.54) is 5.39 Å². The molecule has 0 atom stereocenters. The Kier molecular flexibility index (Phi) is 4.59. The molecule has 1 aromatic carbocycles. The van der Waals surface area contributed by atoms with Crippen LogP contribution in [-0.2, 0) is 5.75 Å². The molecule has 2 nitrogen and oxygen atoms in total. The number of aliphatic hydroxyl groups is 1. The molecule has 2 aromatic rings. The molecule has 0 saturated heterocycles. The van der Waals surface area contributed by atoms with Gasteiger partial charge < -0.3 is 5.11 Å². The summed E-state index contributed by atoms with van der Waals surface area (Å²) in [6.07, 6.45) is 3.74. The van der Waals surface area contributed by atoms with Crippen molar-refractivity contribution in [3.05, 3.63) is 54.2 Å². The Morgan fingerprint density at radius 3 is 2.88 bits per heavy atom. The van der Waals surface area contributed by atoms with Crippen molar-refractivity contribution in [2.24, 2.45) is 0 Å². The summed E-state index contributed by atoms with van der Waals surface area (Å²) in [6, 6.07) is 12.3. The van der Waals surface area contributed by atoms with Crippen LogP contribution in [-0.4, -0.2) is 22.5 Å². The summed E-state index contributed by atoms with van der Waals surface area (Å²) in [7, 11) is 0. The number of hydrogen-bond acceptors (Lipinski definition) is 3. The lowest BCUT2D eigenvalue weighted by Crippen LogP contribution is -1.88. The van der Waals surface area contributed by atoms with Crippen LogP contribution >= 0.6 is 11.8 Å². The second-order valence-corrected chi connectivity index (χ2v) is 4.69. The molecule has 1 N–H and O–H groups in total. The fourth-order valence-electron chi connectivity index (χ4n) is 1.56. The molecular formula is C14H15NOS. The third kappa shape index (κ3) is 3.58. The highest BCUT2D eigenvalue weighted by atomic mass is 32.2. The van der Waals surface area contributed by atoms with Crippen LogP contribution in [0.4, 0.5) is 0 Å². The van der Waals surface area contributed by atoms with E-state index >= 15 is 0 Å². The first-order valence-electron chi connectivity index (χ1n) is 5.58. The molecule has 0 saturated carbocycles. The minimum atomic E-state index is 0.120. The number of aliphatic hydroxyl groups excluding tert-OH is 1. The van der Waals surface area contributed by atoms with Gasteiger partial charge in [-0.15, -0.1) is 0 Å². The number of aromatic nitrogens is 1. The number of para-hydroxylation sites is 1. The maximum atomic E-state index is 8.59. The first kappa shape index (κ1) is 12.1. The second kappa shape index (κ2) is 6.42. The molecular weight excluding hydrogens is 230 g/mol. The first-order chi connectivity index (χ1) is 8.40. The lowest BCUT2D eigenvalue weighted by Gasteiger charge is -2.01. The Hall–Kier alpha value is -1.32. The van der Waals surface area contributed by atoms with Gasteiger partial charge in [-0.1, -0.05) is 36.4 Å². The number of pyridine rings is 1. The van der Waals surface area contributed by atoms with Gasteiger partial charge in [0.25, 0.3) is 0 Å². The lowest BCUT2D eigenvalue weighted by molar-refractivity contribution is 0.342. The van der Waals surface area contributed by atoms with Gasteiger partial charge in [0.1, 0.15) is 0 Å². The van der Waals surface area contributed by atoms with E-state index in [1.54, 1.807) is 17.8 Å². The molecule has 0 amide bonds. The maximum Gasteiger partial charge on any atom is 0.0705 e. The van der Waals surface area contributed by atoms with Gasteiger partial charge in [-0.3, -0.25) is 4.98 Å². The molecule has 17 heavy (non-hydrogen) atoms. The summed E-state index contributed by atoms with van der Waals surface area (Å²) >= 11 is 1.79. The topological polar surface area (TPSA) is 33.1 Å². The predicted octanol–water partition coefficient (Wildman–Crippen LogP) is 3.02. The minimum Gasteiger partial charge on any atom is -0.392 e. The Balaban J connectivity index is 1.97. The van der Waals surface area contributed by atoms with E-state index in [9.17, 15) is 0 Å². The Labute approximate surface area is 105 Å². The fraction of sp³-hybridized carbons (Fsp3) is 0.214. The molecule has 2 rings (SSSR count). The monoisotopic (exact) mass is 245 g/mol. The van der Waals surface area contributed by atoms with Crippen molar-refractivity contribution in [2.75, 3.05) is 12.4 Å². The van der Waals surface area contributed by atoms with Crippen LogP contribution in [0.15, 0.2) is 48.6 Å². The van der Waals surface area contributed by atoms with Crippen LogP contribution < -0.4 is 0 Å². The van der Waals surface area contributed by atoms with Crippen molar-refractivity contribution < 1.29 is 5.11 Å². The van der Waals surface area contributed by atoms with Gasteiger partial charge in [-0.05, 0) is 12.1 Å². The second-order valence-electron chi connectivity index (χ2n) is 3.66. The zero-order valence-electron chi connectivity index (χ0n) is 9.54. The van der Waals surface area contributed by atoms with E-state index in [4.69, 9.17) is 5.11 Å². The van der Waals surface area contributed by atoms with E-state index in [0.29, 0.717) is 0 Å². The number of nitrogens with zero attached hydrogens (tertiary/aromatic N) is 1. The van der Waals surface area contributed by atoms with E-state index in [2.05, 4.69) is 23.2 Å². The van der Waals surface area contributed by atoms with Crippen LogP contribution in [0.5, 0.6) is 0 Å². The first-order valence-corrected chi connectivity index (χ1v) is 6.74. The van der Waals surface area contributed by atoms with E-state index in [-0.39, 0.29) is 6.61 Å². The largest absolute Gasteiger partial charge is 0.392 e. The van der Waals surface area contributed by atoms with Gasteiger partial charge in [0.15, 0.2) is 0 Å². The Morgan fingerprint density at radius 1 is 1.12 bits per heavy atom. The number of thioether (sulfide) groups is 1. The lowest BCUT2D eigenvalue weighted by atomic mass is 10.2. The van der Waals surface area contributed by atoms with Crippen LogP contribution in [0.25, 0.3) is 10.9 Å². The van der Waals surface area contributed by atoms with Gasteiger partial charge in [-0.2, -0.15) is 11.8 Å². The summed E-state index contributed by atoms with van der Waals surface area (Å²) in [5, 5.41) is 9.77. The quantitative estimate of drug-likeness (QED) is 0.649. The third-order valence-corrected chi connectivity index (χ3v) is 3.32. The molecule has 0 bridgehead atoms. The molecule has 3 heteroatoms. The molecule has 0 aliphatic heterocycles. The number of hydrogen-bond donors (Lipinski definition) is 1. The maximum absolute atomic E-state index is 8.59. The Morgan fingerprint density at radius 2 is 2.00 bits per heavy atom. The molecule has 0 aliphatic carbocycles. The molecule has 0 spiro atoms. The van der Waals surface area contributed by atoms with Crippen molar-refractivity contribution >= 4 is 22.7 Å². The predicted molar refractivity (Wildman–Crippen MR) is 74.1 cm³/mol. The molecule has 0 radical (unpaired) electrons. The summed E-state index contributed by atoms with van der Waals surface area (Å²) in [5.74, 6) is 1.82. The van der Waals surface area contributed by atoms with E-state index < -0.39 is 0 Å². The standard InChI is InChI=1S/C14H15NOS/c16-9-3-4-10-17-11-13-8-7-12-5-1-2-6-14(12)15-13/h1-8,16H,9-11H2/b4-3+. The van der Waals surface area contributed by atoms with Crippen molar-refractivity contribution in [3.63, 3.8) is 0 Å². The SMILES string of the molecule is OC/C=C/CSCc1ccc2ccccc2n1. The van der Waals surface area contributed by atoms with E-state index in [1.807, 2.05) is 24.3 Å². The third-order valence-electron chi connectivity index (χ3n) is 2.39. The van der Waals surface area contributed by atoms with Gasteiger partial charge in [0.05, 0.1) is 17.8 Å². The average Bonchev–Trinajstić information content (AvgIpc) is 2.38. The van der Waals surface area contributed by atoms with Gasteiger partial charge in [0, 0.05) is 16.9 Å². The zero-order valence-corrected chi connectivity index (χ0v) is 10.4. The Bertz CT molecular complexity index is 510. The summed E-state index contributed by atoms with van der Waals surface area (Å²) in [4.78, 5) is 4.60. The highest BCUT2D eigenvalue weighted by Crippen LogP contribution is 2.15. The number of fused-ring (bicyclic) bond motifs is 1. The van der Waals surface area contributed by atoms with Crippen molar-refractivity contribution in [3.8, 4) is 0 Å². The van der Waals surface area contributed by atoms with Crippen molar-refractivity contribution in [2.45, 2.75) is 5.75 Å². The fourth-order valence-corrected chi connectivity index (χ4v) is 2.32. The van der Waals surface area contributed by atoms with Crippen molar-refractivity contribution in [1.82, 2.24) is 4.98 Å². The van der Waals surface area contributed by atoms with E-state index in [0.717, 1.165) is 22.7 Å². The zero-order chi connectivity index (χ0) is 11.9. The van der Waals surface area contributed by atoms with Gasteiger partial charge >= 0.3 is 0 Å². The van der Waals surface area contributed by atoms with Crippen molar-refractivity contribution in [1.29, 1.82) is 0 Å². The van der Waals surface area contributed by atoms with Crippen LogP contribution in [0.3, 0.4) is 0 Å². The molecule has 88 valence electrons. The normalized spacial score (nSPS) is 11.4. The van der Waals surface area contributed by atoms with Crippen LogP contribution in [0.2, 0.25) is 0 Å².